The molecule has 1 rings (SSSR count). The zero-order chi connectivity index (χ0) is 13.5. The summed E-state index contributed by atoms with van der Waals surface area (Å²) in [6.07, 6.45) is 4.92. The van der Waals surface area contributed by atoms with Crippen LogP contribution in [-0.4, -0.2) is 24.0 Å². The number of terminal acetylenes is 1. The molecular weight excluding hydrogens is 243 g/mol. The number of carbonyl (C=O) groups excluding carboxylic acids is 1. The summed E-state index contributed by atoms with van der Waals surface area (Å²) in [7, 11) is 0. The van der Waals surface area contributed by atoms with Gasteiger partial charge in [-0.2, -0.15) is 0 Å². The number of hydrogen-bond acceptors (Lipinski definition) is 4. The second-order valence-electron chi connectivity index (χ2n) is 3.14. The molecule has 0 heterocycles. The third kappa shape index (κ3) is 3.75. The number of halogens is 1. The van der Waals surface area contributed by atoms with E-state index in [2.05, 4.69) is 11.2 Å². The Morgan fingerprint density at radius 3 is 2.89 bits per heavy atom. The van der Waals surface area contributed by atoms with Crippen molar-refractivity contribution in [1.82, 2.24) is 5.32 Å². The number of nitrogens with zero attached hydrogens (tertiary/aromatic N) is 1. The van der Waals surface area contributed by atoms with E-state index in [0.717, 1.165) is 12.1 Å². The standard InChI is InChI=1S/C11H9FN2O4/c1-2-5-13-11(15)7-18-10-4-3-8(14(16)17)6-9(10)12/h1,3-4,6H,5,7H2,(H,13,15). The van der Waals surface area contributed by atoms with Crippen LogP contribution in [0, 0.1) is 28.3 Å². The van der Waals surface area contributed by atoms with Gasteiger partial charge in [0, 0.05) is 6.07 Å². The number of carbonyl (C=O) groups is 1. The van der Waals surface area contributed by atoms with Crippen LogP contribution in [0.1, 0.15) is 0 Å². The van der Waals surface area contributed by atoms with Crippen LogP contribution in [0.15, 0.2) is 18.2 Å². The quantitative estimate of drug-likeness (QED) is 0.478. The smallest absolute Gasteiger partial charge is 0.272 e. The molecule has 0 aliphatic rings. The van der Waals surface area contributed by atoms with Crippen molar-refractivity contribution in [1.29, 1.82) is 0 Å². The maximum absolute atomic E-state index is 13.3. The Balaban J connectivity index is 2.61. The molecule has 0 bridgehead atoms. The predicted molar refractivity (Wildman–Crippen MR) is 60.4 cm³/mol. The normalized spacial score (nSPS) is 9.33. The van der Waals surface area contributed by atoms with Gasteiger partial charge in [-0.25, -0.2) is 4.39 Å². The lowest BCUT2D eigenvalue weighted by atomic mass is 10.3. The zero-order valence-electron chi connectivity index (χ0n) is 9.18. The van der Waals surface area contributed by atoms with E-state index in [4.69, 9.17) is 11.2 Å². The molecule has 0 aliphatic heterocycles. The summed E-state index contributed by atoms with van der Waals surface area (Å²) in [6.45, 7) is -0.374. The van der Waals surface area contributed by atoms with Crippen LogP contribution in [0.5, 0.6) is 5.75 Å². The predicted octanol–water partition coefficient (Wildman–Crippen LogP) is 0.862. The molecule has 7 heteroatoms. The Morgan fingerprint density at radius 1 is 1.61 bits per heavy atom. The summed E-state index contributed by atoms with van der Waals surface area (Å²) in [5.41, 5.74) is -0.392. The average molecular weight is 252 g/mol. The van der Waals surface area contributed by atoms with Gasteiger partial charge in [0.2, 0.25) is 0 Å². The van der Waals surface area contributed by atoms with E-state index in [1.54, 1.807) is 0 Å². The van der Waals surface area contributed by atoms with Crippen LogP contribution in [0.3, 0.4) is 0 Å². The van der Waals surface area contributed by atoms with Gasteiger partial charge in [0.05, 0.1) is 17.5 Å². The lowest BCUT2D eigenvalue weighted by Gasteiger charge is -2.06. The largest absolute Gasteiger partial charge is 0.481 e. The van der Waals surface area contributed by atoms with Crippen LogP contribution in [0.2, 0.25) is 0 Å². The van der Waals surface area contributed by atoms with Crippen LogP contribution in [0.25, 0.3) is 0 Å². The SMILES string of the molecule is C#CCNC(=O)COc1ccc([N+](=O)[O-])cc1F. The maximum atomic E-state index is 13.3. The molecule has 1 amide bonds. The minimum atomic E-state index is -0.908. The fourth-order valence-corrected chi connectivity index (χ4v) is 1.06. The van der Waals surface area contributed by atoms with Gasteiger partial charge in [0.1, 0.15) is 0 Å². The van der Waals surface area contributed by atoms with Gasteiger partial charge in [-0.3, -0.25) is 14.9 Å². The fourth-order valence-electron chi connectivity index (χ4n) is 1.06. The molecule has 0 saturated heterocycles. The molecule has 0 radical (unpaired) electrons. The molecule has 1 aromatic rings. The van der Waals surface area contributed by atoms with Gasteiger partial charge < -0.3 is 10.1 Å². The van der Waals surface area contributed by atoms with E-state index in [-0.39, 0.29) is 12.3 Å². The summed E-state index contributed by atoms with van der Waals surface area (Å²) in [4.78, 5) is 20.7. The van der Waals surface area contributed by atoms with Gasteiger partial charge >= 0.3 is 0 Å². The fraction of sp³-hybridized carbons (Fsp3) is 0.182. The van der Waals surface area contributed by atoms with Crippen molar-refractivity contribution in [3.63, 3.8) is 0 Å². The number of ether oxygens (including phenoxy) is 1. The first-order valence-corrected chi connectivity index (χ1v) is 4.81. The minimum Gasteiger partial charge on any atom is -0.481 e. The summed E-state index contributed by atoms with van der Waals surface area (Å²) < 4.78 is 18.2. The number of benzene rings is 1. The Bertz CT molecular complexity index is 510. The minimum absolute atomic E-state index is 0.0466. The van der Waals surface area contributed by atoms with E-state index >= 15 is 0 Å². The average Bonchev–Trinajstić information content (AvgIpc) is 2.34. The van der Waals surface area contributed by atoms with Crippen LogP contribution in [0.4, 0.5) is 10.1 Å². The molecule has 0 fully saturated rings. The summed E-state index contributed by atoms with van der Waals surface area (Å²) >= 11 is 0. The van der Waals surface area contributed by atoms with E-state index in [9.17, 15) is 19.3 Å². The Morgan fingerprint density at radius 2 is 2.33 bits per heavy atom. The van der Waals surface area contributed by atoms with Gasteiger partial charge in [0.25, 0.3) is 11.6 Å². The summed E-state index contributed by atoms with van der Waals surface area (Å²) in [5.74, 6) is 0.535. The molecule has 1 aromatic carbocycles. The number of nitro benzene ring substituents is 1. The van der Waals surface area contributed by atoms with Crippen molar-refractivity contribution < 1.29 is 18.8 Å². The lowest BCUT2D eigenvalue weighted by Crippen LogP contribution is -2.29. The molecule has 94 valence electrons. The highest BCUT2D eigenvalue weighted by molar-refractivity contribution is 5.77. The lowest BCUT2D eigenvalue weighted by molar-refractivity contribution is -0.385. The summed E-state index contributed by atoms with van der Waals surface area (Å²) in [6, 6.07) is 2.88. The Kier molecular flexibility index (Phi) is 4.63. The first-order valence-electron chi connectivity index (χ1n) is 4.81. The van der Waals surface area contributed by atoms with Crippen molar-refractivity contribution in [2.24, 2.45) is 0 Å². The number of non-ortho nitro benzene ring substituents is 1. The topological polar surface area (TPSA) is 81.5 Å². The van der Waals surface area contributed by atoms with Crippen molar-refractivity contribution in [3.8, 4) is 18.1 Å². The van der Waals surface area contributed by atoms with E-state index in [1.807, 2.05) is 0 Å². The maximum Gasteiger partial charge on any atom is 0.272 e. The highest BCUT2D eigenvalue weighted by Crippen LogP contribution is 2.22. The third-order valence-corrected chi connectivity index (χ3v) is 1.87. The van der Waals surface area contributed by atoms with Gasteiger partial charge in [-0.05, 0) is 6.07 Å². The second kappa shape index (κ2) is 6.20. The monoisotopic (exact) mass is 252 g/mol. The van der Waals surface area contributed by atoms with Crippen LogP contribution >= 0.6 is 0 Å². The molecule has 6 nitrogen and oxygen atoms in total. The van der Waals surface area contributed by atoms with Crippen molar-refractivity contribution in [2.75, 3.05) is 13.2 Å². The first kappa shape index (κ1) is 13.4. The summed E-state index contributed by atoms with van der Waals surface area (Å²) in [5, 5.41) is 12.7. The highest BCUT2D eigenvalue weighted by atomic mass is 19.1. The molecule has 0 aliphatic carbocycles. The molecule has 0 saturated carbocycles. The number of nitrogens with one attached hydrogen (secondary N) is 1. The van der Waals surface area contributed by atoms with Gasteiger partial charge in [-0.1, -0.05) is 5.92 Å². The van der Waals surface area contributed by atoms with E-state index < -0.39 is 28.9 Å². The third-order valence-electron chi connectivity index (χ3n) is 1.87. The van der Waals surface area contributed by atoms with Crippen molar-refractivity contribution >= 4 is 11.6 Å². The Hall–Kier alpha value is -2.62. The highest BCUT2D eigenvalue weighted by Gasteiger charge is 2.12. The molecule has 0 atom stereocenters. The molecular formula is C11H9FN2O4. The number of amides is 1. The Labute approximate surface area is 102 Å². The molecule has 0 spiro atoms. The number of rotatable bonds is 5. The van der Waals surface area contributed by atoms with Crippen molar-refractivity contribution in [3.05, 3.63) is 34.1 Å². The molecule has 1 N–H and O–H groups in total. The first-order chi connectivity index (χ1) is 8.54. The second-order valence-corrected chi connectivity index (χ2v) is 3.14. The van der Waals surface area contributed by atoms with Crippen molar-refractivity contribution in [2.45, 2.75) is 0 Å². The van der Waals surface area contributed by atoms with E-state index in [1.165, 1.54) is 0 Å². The van der Waals surface area contributed by atoms with Crippen LogP contribution < -0.4 is 10.1 Å². The van der Waals surface area contributed by atoms with Gasteiger partial charge in [-0.15, -0.1) is 6.42 Å². The number of nitro groups is 1. The zero-order valence-corrected chi connectivity index (χ0v) is 9.18. The van der Waals surface area contributed by atoms with E-state index in [0.29, 0.717) is 6.07 Å². The van der Waals surface area contributed by atoms with Gasteiger partial charge in [0.15, 0.2) is 18.2 Å². The molecule has 18 heavy (non-hydrogen) atoms. The molecule has 0 unspecified atom stereocenters. The molecule has 0 aromatic heterocycles. The number of hydrogen-bond donors (Lipinski definition) is 1. The van der Waals surface area contributed by atoms with Crippen LogP contribution in [-0.2, 0) is 4.79 Å².